The van der Waals surface area contributed by atoms with E-state index in [1.54, 1.807) is 6.07 Å². The monoisotopic (exact) mass is 370 g/mol. The molecule has 27 heavy (non-hydrogen) atoms. The summed E-state index contributed by atoms with van der Waals surface area (Å²) in [6.45, 7) is 4.06. The summed E-state index contributed by atoms with van der Waals surface area (Å²) in [5.41, 5.74) is 0.555. The fourth-order valence-corrected chi connectivity index (χ4v) is 3.27. The van der Waals surface area contributed by atoms with E-state index in [9.17, 15) is 10.4 Å². The van der Waals surface area contributed by atoms with Crippen LogP contribution in [0.2, 0.25) is 0 Å². The van der Waals surface area contributed by atoms with Crippen LogP contribution in [0.5, 0.6) is 11.5 Å². The van der Waals surface area contributed by atoms with Gasteiger partial charge in [0.15, 0.2) is 11.5 Å². The van der Waals surface area contributed by atoms with E-state index in [0.29, 0.717) is 28.6 Å². The zero-order valence-corrected chi connectivity index (χ0v) is 15.1. The summed E-state index contributed by atoms with van der Waals surface area (Å²) in [6.07, 6.45) is 1.49. The molecule has 0 fully saturated rings. The topological polar surface area (TPSA) is 91.3 Å². The predicted molar refractivity (Wildman–Crippen MR) is 97.3 cm³/mol. The fourth-order valence-electron chi connectivity index (χ4n) is 3.27. The van der Waals surface area contributed by atoms with E-state index in [-0.39, 0.29) is 17.7 Å². The molecule has 0 saturated carbocycles. The number of furan rings is 2. The standard InChI is InChI=1S/C20H20NO6/c1-3-12-5-7-16(26-12)20(17-8-6-13(4-2)27-17)14-9-18-19(25-11-24-18)10-15(14)21(22)23/h5-10,20,22H,3-4,11H2,1-2H3/q-1. The second kappa shape index (κ2) is 7.02. The van der Waals surface area contributed by atoms with Gasteiger partial charge < -0.3 is 28.7 Å². The molecule has 3 aromatic rings. The molecule has 0 bridgehead atoms. The fraction of sp³-hybridized carbons (Fsp3) is 0.300. The minimum absolute atomic E-state index is 0.0492. The zero-order valence-electron chi connectivity index (χ0n) is 15.1. The first-order chi connectivity index (χ1) is 13.1. The highest BCUT2D eigenvalue weighted by atomic mass is 16.8. The van der Waals surface area contributed by atoms with E-state index < -0.39 is 5.92 Å². The molecular weight excluding hydrogens is 350 g/mol. The van der Waals surface area contributed by atoms with Crippen molar-refractivity contribution in [3.05, 3.63) is 70.2 Å². The molecule has 1 aromatic carbocycles. The Kier molecular flexibility index (Phi) is 4.55. The van der Waals surface area contributed by atoms with Gasteiger partial charge in [-0.1, -0.05) is 13.8 Å². The van der Waals surface area contributed by atoms with Crippen molar-refractivity contribution in [1.29, 1.82) is 0 Å². The number of rotatable bonds is 6. The van der Waals surface area contributed by atoms with Crippen molar-refractivity contribution in [3.8, 4) is 11.5 Å². The van der Waals surface area contributed by atoms with Gasteiger partial charge in [-0.2, -0.15) is 0 Å². The van der Waals surface area contributed by atoms with Crippen LogP contribution >= 0.6 is 0 Å². The Morgan fingerprint density at radius 3 is 2.00 bits per heavy atom. The molecule has 0 amide bonds. The van der Waals surface area contributed by atoms with Gasteiger partial charge in [0.25, 0.3) is 0 Å². The van der Waals surface area contributed by atoms with E-state index in [2.05, 4.69) is 0 Å². The molecule has 1 aliphatic rings. The molecule has 7 heteroatoms. The van der Waals surface area contributed by atoms with Gasteiger partial charge >= 0.3 is 0 Å². The Balaban J connectivity index is 1.90. The summed E-state index contributed by atoms with van der Waals surface area (Å²) >= 11 is 0. The highest BCUT2D eigenvalue weighted by molar-refractivity contribution is 5.65. The molecule has 7 nitrogen and oxygen atoms in total. The minimum Gasteiger partial charge on any atom is -0.733 e. The van der Waals surface area contributed by atoms with Crippen LogP contribution in [-0.2, 0) is 12.8 Å². The number of aryl methyl sites for hydroxylation is 2. The summed E-state index contributed by atoms with van der Waals surface area (Å²) in [6, 6.07) is 10.7. The van der Waals surface area contributed by atoms with E-state index in [1.807, 2.05) is 38.1 Å². The number of ether oxygens (including phenoxy) is 2. The summed E-state index contributed by atoms with van der Waals surface area (Å²) in [4.78, 5) is 0. The lowest BCUT2D eigenvalue weighted by Crippen LogP contribution is -2.13. The van der Waals surface area contributed by atoms with Crippen LogP contribution in [0.15, 0.2) is 45.2 Å². The van der Waals surface area contributed by atoms with Crippen molar-refractivity contribution in [2.75, 3.05) is 12.0 Å². The van der Waals surface area contributed by atoms with Crippen molar-refractivity contribution in [3.63, 3.8) is 0 Å². The summed E-state index contributed by atoms with van der Waals surface area (Å²) in [5.74, 6) is 3.27. The third kappa shape index (κ3) is 3.15. The Hall–Kier alpha value is -2.90. The minimum atomic E-state index is -0.515. The molecule has 142 valence electrons. The molecule has 0 aliphatic carbocycles. The average Bonchev–Trinajstić information content (AvgIpc) is 3.41. The molecule has 1 aliphatic heterocycles. The van der Waals surface area contributed by atoms with Crippen molar-refractivity contribution >= 4 is 5.69 Å². The largest absolute Gasteiger partial charge is 0.733 e. The first-order valence-corrected chi connectivity index (χ1v) is 8.87. The summed E-state index contributed by atoms with van der Waals surface area (Å²) < 4.78 is 22.7. The average molecular weight is 370 g/mol. The second-order valence-corrected chi connectivity index (χ2v) is 6.29. The zero-order chi connectivity index (χ0) is 19.0. The van der Waals surface area contributed by atoms with Crippen LogP contribution in [0.25, 0.3) is 0 Å². The first kappa shape index (κ1) is 17.5. The maximum Gasteiger partial charge on any atom is 0.231 e. The Labute approximate surface area is 156 Å². The predicted octanol–water partition coefficient (Wildman–Crippen LogP) is 4.60. The Bertz CT molecular complexity index is 900. The van der Waals surface area contributed by atoms with Gasteiger partial charge in [-0.25, -0.2) is 0 Å². The lowest BCUT2D eigenvalue weighted by Gasteiger charge is -2.27. The van der Waals surface area contributed by atoms with Crippen LogP contribution in [0.4, 0.5) is 5.69 Å². The van der Waals surface area contributed by atoms with Crippen LogP contribution in [0.3, 0.4) is 0 Å². The molecule has 0 saturated heterocycles. The normalized spacial score (nSPS) is 12.8. The Morgan fingerprint density at radius 1 is 0.963 bits per heavy atom. The summed E-state index contributed by atoms with van der Waals surface area (Å²) in [7, 11) is 0. The van der Waals surface area contributed by atoms with E-state index in [4.69, 9.17) is 18.3 Å². The van der Waals surface area contributed by atoms with Crippen molar-refractivity contribution in [1.82, 2.24) is 0 Å². The van der Waals surface area contributed by atoms with Crippen LogP contribution < -0.4 is 14.7 Å². The SMILES string of the molecule is CCc1ccc(C(c2ccc(CC)o2)c2cc3c(cc2N([O-])O)OCO3)o1. The number of nitrogens with zero attached hydrogens (tertiary/aromatic N) is 1. The molecule has 0 atom stereocenters. The molecule has 1 N–H and O–H groups in total. The molecule has 2 aromatic heterocycles. The first-order valence-electron chi connectivity index (χ1n) is 8.87. The maximum atomic E-state index is 11.9. The molecule has 0 radical (unpaired) electrons. The maximum absolute atomic E-state index is 11.9. The number of hydrogen-bond acceptors (Lipinski definition) is 7. The van der Waals surface area contributed by atoms with E-state index in [0.717, 1.165) is 24.4 Å². The molecule has 3 heterocycles. The van der Waals surface area contributed by atoms with Crippen molar-refractivity contribution < 1.29 is 23.5 Å². The van der Waals surface area contributed by atoms with E-state index in [1.165, 1.54) is 6.07 Å². The lowest BCUT2D eigenvalue weighted by atomic mass is 9.92. The molecule has 0 spiro atoms. The smallest absolute Gasteiger partial charge is 0.231 e. The molecule has 4 rings (SSSR count). The van der Waals surface area contributed by atoms with Crippen molar-refractivity contribution in [2.45, 2.75) is 32.6 Å². The lowest BCUT2D eigenvalue weighted by molar-refractivity contribution is 0.174. The Morgan fingerprint density at radius 2 is 1.52 bits per heavy atom. The highest BCUT2D eigenvalue weighted by Gasteiger charge is 2.29. The summed E-state index contributed by atoms with van der Waals surface area (Å²) in [5, 5.41) is 21.4. The van der Waals surface area contributed by atoms with Gasteiger partial charge in [-0.15, -0.1) is 0 Å². The molecule has 0 unspecified atom stereocenters. The quantitative estimate of drug-likeness (QED) is 0.634. The number of anilines is 1. The third-order valence-electron chi connectivity index (χ3n) is 4.67. The number of benzene rings is 1. The highest BCUT2D eigenvalue weighted by Crippen LogP contribution is 2.45. The second-order valence-electron chi connectivity index (χ2n) is 6.29. The molecular formula is C20H20NO6-. The number of fused-ring (bicyclic) bond motifs is 1. The van der Waals surface area contributed by atoms with Gasteiger partial charge in [0.2, 0.25) is 6.79 Å². The van der Waals surface area contributed by atoms with Crippen LogP contribution in [0, 0.1) is 5.21 Å². The van der Waals surface area contributed by atoms with Crippen LogP contribution in [0.1, 0.15) is 48.4 Å². The van der Waals surface area contributed by atoms with Gasteiger partial charge in [-0.3, -0.25) is 5.21 Å². The van der Waals surface area contributed by atoms with Crippen molar-refractivity contribution in [2.24, 2.45) is 0 Å². The van der Waals surface area contributed by atoms with Gasteiger partial charge in [0.1, 0.15) is 29.0 Å². The van der Waals surface area contributed by atoms with Crippen LogP contribution in [-0.4, -0.2) is 12.0 Å². The third-order valence-corrected chi connectivity index (χ3v) is 4.67. The van der Waals surface area contributed by atoms with E-state index >= 15 is 0 Å². The van der Waals surface area contributed by atoms with Gasteiger partial charge in [-0.05, 0) is 35.9 Å². The van der Waals surface area contributed by atoms with Gasteiger partial charge in [0, 0.05) is 18.9 Å². The van der Waals surface area contributed by atoms with Gasteiger partial charge in [0.05, 0.1) is 5.69 Å². The number of hydrogen-bond donors (Lipinski definition) is 1.